The van der Waals surface area contributed by atoms with E-state index < -0.39 is 0 Å². The highest BCUT2D eigenvalue weighted by Gasteiger charge is 2.25. The van der Waals surface area contributed by atoms with E-state index in [1.807, 2.05) is 25.1 Å². The Balaban J connectivity index is 1.87. The average molecular weight is 289 g/mol. The quantitative estimate of drug-likeness (QED) is 0.781. The highest BCUT2D eigenvalue weighted by Crippen LogP contribution is 2.34. The lowest BCUT2D eigenvalue weighted by atomic mass is 10.1. The lowest BCUT2D eigenvalue weighted by molar-refractivity contribution is -0.119. The molecule has 3 rings (SSSR count). The topological polar surface area (TPSA) is 84.2 Å². The van der Waals surface area contributed by atoms with Gasteiger partial charge in [0.05, 0.1) is 11.7 Å². The third kappa shape index (κ3) is 2.22. The van der Waals surface area contributed by atoms with Gasteiger partial charge in [-0.15, -0.1) is 11.3 Å². The minimum Gasteiger partial charge on any atom is -0.397 e. The Morgan fingerprint density at radius 2 is 2.30 bits per heavy atom. The summed E-state index contributed by atoms with van der Waals surface area (Å²) in [5, 5.41) is 6.45. The van der Waals surface area contributed by atoms with Crippen LogP contribution < -0.4 is 16.4 Å². The Morgan fingerprint density at radius 3 is 3.00 bits per heavy atom. The summed E-state index contributed by atoms with van der Waals surface area (Å²) >= 11 is 1.39. The second-order valence-electron chi connectivity index (χ2n) is 5.02. The highest BCUT2D eigenvalue weighted by molar-refractivity contribution is 7.21. The molecule has 1 saturated heterocycles. The summed E-state index contributed by atoms with van der Waals surface area (Å²) in [5.41, 5.74) is 7.71. The van der Waals surface area contributed by atoms with Gasteiger partial charge in [0, 0.05) is 23.1 Å². The Bertz CT molecular complexity index is 708. The van der Waals surface area contributed by atoms with Gasteiger partial charge in [-0.1, -0.05) is 12.1 Å². The second-order valence-corrected chi connectivity index (χ2v) is 6.08. The smallest absolute Gasteiger partial charge is 0.263 e. The third-order valence-electron chi connectivity index (χ3n) is 3.40. The third-order valence-corrected chi connectivity index (χ3v) is 4.57. The van der Waals surface area contributed by atoms with Crippen molar-refractivity contribution < 1.29 is 9.59 Å². The van der Waals surface area contributed by atoms with Crippen LogP contribution in [0.25, 0.3) is 10.1 Å². The minimum absolute atomic E-state index is 0.0322. The number of aryl methyl sites for hydroxylation is 1. The van der Waals surface area contributed by atoms with E-state index in [2.05, 4.69) is 10.6 Å². The number of nitrogens with two attached hydrogens (primary N) is 1. The zero-order chi connectivity index (χ0) is 14.3. The minimum atomic E-state index is -0.206. The van der Waals surface area contributed by atoms with Gasteiger partial charge in [0.2, 0.25) is 5.91 Å². The first-order valence-corrected chi connectivity index (χ1v) is 7.22. The standard InChI is InChI=1S/C14H15N3O2S/c1-7-2-3-9-10(4-7)20-13(12(9)15)14(19)17-8-5-11(18)16-6-8/h2-4,8H,5-6,15H2,1H3,(H,16,18)(H,17,19). The average Bonchev–Trinajstić information content (AvgIpc) is 2.94. The molecule has 1 aliphatic heterocycles. The van der Waals surface area contributed by atoms with Crippen molar-refractivity contribution in [2.45, 2.75) is 19.4 Å². The van der Waals surface area contributed by atoms with Crippen LogP contribution in [0.2, 0.25) is 0 Å². The number of hydrogen-bond acceptors (Lipinski definition) is 4. The Kier molecular flexibility index (Phi) is 3.10. The van der Waals surface area contributed by atoms with Crippen molar-refractivity contribution in [2.75, 3.05) is 12.3 Å². The largest absolute Gasteiger partial charge is 0.397 e. The molecule has 1 atom stereocenters. The summed E-state index contributed by atoms with van der Waals surface area (Å²) in [6.45, 7) is 2.49. The number of fused-ring (bicyclic) bond motifs is 1. The fourth-order valence-corrected chi connectivity index (χ4v) is 3.47. The van der Waals surface area contributed by atoms with Gasteiger partial charge in [0.1, 0.15) is 4.88 Å². The number of anilines is 1. The molecule has 1 fully saturated rings. The molecule has 5 nitrogen and oxygen atoms in total. The number of amides is 2. The normalized spacial score (nSPS) is 18.2. The number of rotatable bonds is 2. The molecule has 1 unspecified atom stereocenters. The van der Waals surface area contributed by atoms with E-state index >= 15 is 0 Å². The molecule has 1 aliphatic rings. The van der Waals surface area contributed by atoms with E-state index in [0.29, 0.717) is 23.5 Å². The molecule has 2 heterocycles. The maximum absolute atomic E-state index is 12.3. The van der Waals surface area contributed by atoms with Crippen LogP contribution in [0.4, 0.5) is 5.69 Å². The van der Waals surface area contributed by atoms with Crippen LogP contribution in [0, 0.1) is 6.92 Å². The molecule has 0 spiro atoms. The lowest BCUT2D eigenvalue weighted by Gasteiger charge is -2.09. The fourth-order valence-electron chi connectivity index (χ4n) is 2.35. The van der Waals surface area contributed by atoms with Crippen molar-refractivity contribution in [3.8, 4) is 0 Å². The SMILES string of the molecule is Cc1ccc2c(N)c(C(=O)NC3CNC(=O)C3)sc2c1. The predicted molar refractivity (Wildman–Crippen MR) is 79.9 cm³/mol. The first kappa shape index (κ1) is 12.9. The Hall–Kier alpha value is -2.08. The van der Waals surface area contributed by atoms with E-state index in [0.717, 1.165) is 15.6 Å². The molecule has 0 aliphatic carbocycles. The number of carbonyl (C=O) groups is 2. The van der Waals surface area contributed by atoms with Gasteiger partial charge in [-0.2, -0.15) is 0 Å². The summed E-state index contributed by atoms with van der Waals surface area (Å²) < 4.78 is 1.01. The van der Waals surface area contributed by atoms with Crippen LogP contribution in [0.1, 0.15) is 21.7 Å². The fraction of sp³-hybridized carbons (Fsp3) is 0.286. The molecule has 0 radical (unpaired) electrons. The highest BCUT2D eigenvalue weighted by atomic mass is 32.1. The van der Waals surface area contributed by atoms with Gasteiger partial charge < -0.3 is 16.4 Å². The molecule has 0 bridgehead atoms. The molecule has 104 valence electrons. The van der Waals surface area contributed by atoms with Crippen LogP contribution in [0.3, 0.4) is 0 Å². The van der Waals surface area contributed by atoms with E-state index in [1.54, 1.807) is 0 Å². The van der Waals surface area contributed by atoms with E-state index in [1.165, 1.54) is 11.3 Å². The maximum atomic E-state index is 12.3. The molecular weight excluding hydrogens is 274 g/mol. The van der Waals surface area contributed by atoms with Crippen molar-refractivity contribution in [2.24, 2.45) is 0 Å². The number of nitrogen functional groups attached to an aromatic ring is 1. The monoisotopic (exact) mass is 289 g/mol. The number of thiophene rings is 1. The number of benzene rings is 1. The van der Waals surface area contributed by atoms with Crippen LogP contribution in [-0.4, -0.2) is 24.4 Å². The van der Waals surface area contributed by atoms with Crippen molar-refractivity contribution in [1.82, 2.24) is 10.6 Å². The van der Waals surface area contributed by atoms with E-state index in [-0.39, 0.29) is 17.9 Å². The second kappa shape index (κ2) is 4.79. The molecule has 6 heteroatoms. The van der Waals surface area contributed by atoms with Crippen LogP contribution >= 0.6 is 11.3 Å². The van der Waals surface area contributed by atoms with Gasteiger partial charge in [-0.25, -0.2) is 0 Å². The molecule has 0 saturated carbocycles. The van der Waals surface area contributed by atoms with Crippen molar-refractivity contribution in [3.63, 3.8) is 0 Å². The van der Waals surface area contributed by atoms with Crippen molar-refractivity contribution in [1.29, 1.82) is 0 Å². The van der Waals surface area contributed by atoms with Gasteiger partial charge in [-0.3, -0.25) is 9.59 Å². The van der Waals surface area contributed by atoms with E-state index in [9.17, 15) is 9.59 Å². The van der Waals surface area contributed by atoms with Crippen LogP contribution in [0.15, 0.2) is 18.2 Å². The molecule has 1 aromatic heterocycles. The molecule has 2 aromatic rings. The van der Waals surface area contributed by atoms with Crippen LogP contribution in [0.5, 0.6) is 0 Å². The zero-order valence-electron chi connectivity index (χ0n) is 11.0. The molecular formula is C14H15N3O2S. The predicted octanol–water partition coefficient (Wildman–Crippen LogP) is 1.41. The molecule has 1 aromatic carbocycles. The van der Waals surface area contributed by atoms with Gasteiger partial charge >= 0.3 is 0 Å². The van der Waals surface area contributed by atoms with Crippen molar-refractivity contribution >= 4 is 38.9 Å². The lowest BCUT2D eigenvalue weighted by Crippen LogP contribution is -2.36. The molecule has 20 heavy (non-hydrogen) atoms. The van der Waals surface area contributed by atoms with Gasteiger partial charge in [-0.05, 0) is 18.6 Å². The van der Waals surface area contributed by atoms with E-state index in [4.69, 9.17) is 5.73 Å². The Labute approximate surface area is 120 Å². The Morgan fingerprint density at radius 1 is 1.50 bits per heavy atom. The number of nitrogens with one attached hydrogen (secondary N) is 2. The van der Waals surface area contributed by atoms with Gasteiger partial charge in [0.25, 0.3) is 5.91 Å². The van der Waals surface area contributed by atoms with Gasteiger partial charge in [0.15, 0.2) is 0 Å². The first-order valence-electron chi connectivity index (χ1n) is 6.41. The summed E-state index contributed by atoms with van der Waals surface area (Å²) in [7, 11) is 0. The van der Waals surface area contributed by atoms with Crippen molar-refractivity contribution in [3.05, 3.63) is 28.6 Å². The summed E-state index contributed by atoms with van der Waals surface area (Å²) in [4.78, 5) is 23.9. The maximum Gasteiger partial charge on any atom is 0.263 e. The summed E-state index contributed by atoms with van der Waals surface area (Å²) in [6.07, 6.45) is 0.329. The number of carbonyl (C=O) groups excluding carboxylic acids is 2. The summed E-state index contributed by atoms with van der Waals surface area (Å²) in [5.74, 6) is -0.238. The number of hydrogen-bond donors (Lipinski definition) is 3. The molecule has 2 amide bonds. The van der Waals surface area contributed by atoms with Crippen LogP contribution in [-0.2, 0) is 4.79 Å². The first-order chi connectivity index (χ1) is 9.54. The molecule has 4 N–H and O–H groups in total. The summed E-state index contributed by atoms with van der Waals surface area (Å²) in [6, 6.07) is 5.79. The zero-order valence-corrected chi connectivity index (χ0v) is 11.8.